The van der Waals surface area contributed by atoms with Gasteiger partial charge in [0.05, 0.1) is 16.8 Å². The van der Waals surface area contributed by atoms with E-state index in [1.54, 1.807) is 18.2 Å². The van der Waals surface area contributed by atoms with E-state index in [1.165, 1.54) is 17.7 Å². The molecule has 4 aromatic rings. The first kappa shape index (κ1) is 20.7. The summed E-state index contributed by atoms with van der Waals surface area (Å²) in [4.78, 5) is 17.6. The van der Waals surface area contributed by atoms with Crippen molar-refractivity contribution in [2.75, 3.05) is 0 Å². The Bertz CT molecular complexity index is 1220. The van der Waals surface area contributed by atoms with Gasteiger partial charge in [-0.3, -0.25) is 0 Å². The first-order valence-corrected chi connectivity index (χ1v) is 10.2. The Balaban J connectivity index is 1.62. The molecule has 0 aliphatic carbocycles. The molecule has 0 saturated heterocycles. The van der Waals surface area contributed by atoms with Gasteiger partial charge in [-0.05, 0) is 52.9 Å². The van der Waals surface area contributed by atoms with Crippen LogP contribution in [0.4, 0.5) is 4.39 Å². The zero-order valence-electron chi connectivity index (χ0n) is 17.9. The molecule has 31 heavy (non-hydrogen) atoms. The molecule has 1 aromatic heterocycles. The Hall–Kier alpha value is -3.53. The molecule has 0 bridgehead atoms. The van der Waals surface area contributed by atoms with Gasteiger partial charge >= 0.3 is 5.97 Å². The molecule has 0 amide bonds. The highest BCUT2D eigenvalue weighted by Crippen LogP contribution is 2.26. The van der Waals surface area contributed by atoms with E-state index in [-0.39, 0.29) is 17.8 Å². The molecule has 0 N–H and O–H groups in total. The quantitative estimate of drug-likeness (QED) is 0.350. The van der Waals surface area contributed by atoms with Crippen molar-refractivity contribution >= 4 is 16.9 Å². The van der Waals surface area contributed by atoms with Gasteiger partial charge in [0, 0.05) is 10.9 Å². The topological polar surface area (TPSA) is 39.2 Å². The number of pyridine rings is 1. The number of aromatic nitrogens is 1. The SMILES string of the molecule is CC(C)(C)c1ccc(COC(=O)c2cc(-c3ccc(F)cc3)nc3ccccc23)cc1. The molecule has 156 valence electrons. The summed E-state index contributed by atoms with van der Waals surface area (Å²) in [7, 11) is 0. The van der Waals surface area contributed by atoms with Crippen molar-refractivity contribution in [2.24, 2.45) is 0 Å². The van der Waals surface area contributed by atoms with Crippen molar-refractivity contribution in [3.63, 3.8) is 0 Å². The molecule has 0 radical (unpaired) electrons. The number of hydrogen-bond acceptors (Lipinski definition) is 3. The first-order valence-electron chi connectivity index (χ1n) is 10.2. The number of esters is 1. The average Bonchev–Trinajstić information content (AvgIpc) is 2.77. The average molecular weight is 413 g/mol. The van der Waals surface area contributed by atoms with E-state index in [1.807, 2.05) is 36.4 Å². The number of carbonyl (C=O) groups excluding carboxylic acids is 1. The summed E-state index contributed by atoms with van der Waals surface area (Å²) >= 11 is 0. The van der Waals surface area contributed by atoms with Gasteiger partial charge in [-0.15, -0.1) is 0 Å². The van der Waals surface area contributed by atoms with Crippen molar-refractivity contribution in [3.8, 4) is 11.3 Å². The van der Waals surface area contributed by atoms with Crippen molar-refractivity contribution in [1.29, 1.82) is 0 Å². The molecular formula is C27H24FNO2. The number of hydrogen-bond donors (Lipinski definition) is 0. The normalized spacial score (nSPS) is 11.5. The van der Waals surface area contributed by atoms with Gasteiger partial charge < -0.3 is 4.74 Å². The number of fused-ring (bicyclic) bond motifs is 1. The van der Waals surface area contributed by atoms with Crippen LogP contribution in [0.25, 0.3) is 22.2 Å². The van der Waals surface area contributed by atoms with E-state index >= 15 is 0 Å². The van der Waals surface area contributed by atoms with E-state index in [0.717, 1.165) is 16.5 Å². The minimum Gasteiger partial charge on any atom is -0.457 e. The number of rotatable bonds is 4. The van der Waals surface area contributed by atoms with Crippen molar-refractivity contribution < 1.29 is 13.9 Å². The van der Waals surface area contributed by atoms with Gasteiger partial charge in [0.2, 0.25) is 0 Å². The van der Waals surface area contributed by atoms with Crippen LogP contribution in [0.15, 0.2) is 78.9 Å². The number of ether oxygens (including phenoxy) is 1. The van der Waals surface area contributed by atoms with E-state index < -0.39 is 5.97 Å². The Labute approximate surface area is 181 Å². The van der Waals surface area contributed by atoms with Gasteiger partial charge in [-0.2, -0.15) is 0 Å². The lowest BCUT2D eigenvalue weighted by Gasteiger charge is -2.19. The minimum absolute atomic E-state index is 0.0713. The fourth-order valence-electron chi connectivity index (χ4n) is 3.44. The van der Waals surface area contributed by atoms with Crippen LogP contribution in [0.3, 0.4) is 0 Å². The van der Waals surface area contributed by atoms with Crippen LogP contribution in [-0.4, -0.2) is 11.0 Å². The Morgan fingerprint density at radius 2 is 1.61 bits per heavy atom. The van der Waals surface area contributed by atoms with Crippen LogP contribution in [0.5, 0.6) is 0 Å². The minimum atomic E-state index is -0.415. The van der Waals surface area contributed by atoms with E-state index in [4.69, 9.17) is 4.74 Å². The highest BCUT2D eigenvalue weighted by molar-refractivity contribution is 6.04. The summed E-state index contributed by atoms with van der Waals surface area (Å²) in [6.45, 7) is 6.67. The summed E-state index contributed by atoms with van der Waals surface area (Å²) < 4.78 is 19.0. The highest BCUT2D eigenvalue weighted by atomic mass is 19.1. The van der Waals surface area contributed by atoms with Crippen LogP contribution in [-0.2, 0) is 16.8 Å². The molecule has 3 aromatic carbocycles. The second-order valence-electron chi connectivity index (χ2n) is 8.60. The molecular weight excluding hydrogens is 389 g/mol. The van der Waals surface area contributed by atoms with Gasteiger partial charge in [0.25, 0.3) is 0 Å². The number of halogens is 1. The maximum absolute atomic E-state index is 13.3. The largest absolute Gasteiger partial charge is 0.457 e. The third-order valence-corrected chi connectivity index (χ3v) is 5.27. The van der Waals surface area contributed by atoms with Crippen LogP contribution < -0.4 is 0 Å². The number of para-hydroxylation sites is 1. The maximum atomic E-state index is 13.3. The van der Waals surface area contributed by atoms with Crippen molar-refractivity contribution in [2.45, 2.75) is 32.8 Å². The fourth-order valence-corrected chi connectivity index (χ4v) is 3.44. The second-order valence-corrected chi connectivity index (χ2v) is 8.60. The molecule has 4 rings (SSSR count). The lowest BCUT2D eigenvalue weighted by molar-refractivity contribution is 0.0475. The van der Waals surface area contributed by atoms with Gasteiger partial charge in [-0.25, -0.2) is 14.2 Å². The van der Waals surface area contributed by atoms with Crippen LogP contribution in [0, 0.1) is 5.82 Å². The standard InChI is InChI=1S/C27H24FNO2/c1-27(2,3)20-12-8-18(9-13-20)17-31-26(30)23-16-25(19-10-14-21(28)15-11-19)29-24-7-5-4-6-22(23)24/h4-16H,17H2,1-3H3. The third-order valence-electron chi connectivity index (χ3n) is 5.27. The monoisotopic (exact) mass is 413 g/mol. The summed E-state index contributed by atoms with van der Waals surface area (Å²) in [6.07, 6.45) is 0. The summed E-state index contributed by atoms with van der Waals surface area (Å²) in [5.41, 5.74) is 4.69. The Morgan fingerprint density at radius 3 is 2.29 bits per heavy atom. The molecule has 0 unspecified atom stereocenters. The number of nitrogens with zero attached hydrogens (tertiary/aromatic N) is 1. The summed E-state index contributed by atoms with van der Waals surface area (Å²) in [5, 5.41) is 0.724. The predicted octanol–water partition coefficient (Wildman–Crippen LogP) is 6.70. The molecule has 0 aliphatic rings. The molecule has 0 fully saturated rings. The zero-order chi connectivity index (χ0) is 22.0. The van der Waals surface area contributed by atoms with Crippen molar-refractivity contribution in [3.05, 3.63) is 101 Å². The molecule has 1 heterocycles. The van der Waals surface area contributed by atoms with E-state index in [9.17, 15) is 9.18 Å². The summed E-state index contributed by atoms with van der Waals surface area (Å²) in [5.74, 6) is -0.733. The predicted molar refractivity (Wildman–Crippen MR) is 121 cm³/mol. The van der Waals surface area contributed by atoms with E-state index in [0.29, 0.717) is 16.8 Å². The molecule has 3 nitrogen and oxygen atoms in total. The lowest BCUT2D eigenvalue weighted by atomic mass is 9.87. The second kappa shape index (κ2) is 8.31. The van der Waals surface area contributed by atoms with Crippen molar-refractivity contribution in [1.82, 2.24) is 4.98 Å². The molecule has 0 aliphatic heterocycles. The smallest absolute Gasteiger partial charge is 0.339 e. The molecule has 0 atom stereocenters. The van der Waals surface area contributed by atoms with Gasteiger partial charge in [0.15, 0.2) is 0 Å². The van der Waals surface area contributed by atoms with Crippen LogP contribution in [0.2, 0.25) is 0 Å². The van der Waals surface area contributed by atoms with Crippen LogP contribution >= 0.6 is 0 Å². The Kier molecular flexibility index (Phi) is 5.55. The summed E-state index contributed by atoms with van der Waals surface area (Å²) in [6, 6.07) is 23.3. The third kappa shape index (κ3) is 4.64. The van der Waals surface area contributed by atoms with Gasteiger partial charge in [-0.1, -0.05) is 63.2 Å². The number of benzene rings is 3. The van der Waals surface area contributed by atoms with Gasteiger partial charge in [0.1, 0.15) is 12.4 Å². The lowest BCUT2D eigenvalue weighted by Crippen LogP contribution is -2.11. The fraction of sp³-hybridized carbons (Fsp3) is 0.185. The Morgan fingerprint density at radius 1 is 0.935 bits per heavy atom. The highest BCUT2D eigenvalue weighted by Gasteiger charge is 2.16. The first-order chi connectivity index (χ1) is 14.8. The molecule has 4 heteroatoms. The van der Waals surface area contributed by atoms with E-state index in [2.05, 4.69) is 37.9 Å². The maximum Gasteiger partial charge on any atom is 0.339 e. The zero-order valence-corrected chi connectivity index (χ0v) is 17.9. The molecule has 0 saturated carbocycles. The van der Waals surface area contributed by atoms with Crippen LogP contribution in [0.1, 0.15) is 42.3 Å². The number of carbonyl (C=O) groups is 1. The molecule has 0 spiro atoms.